The van der Waals surface area contributed by atoms with Gasteiger partial charge >= 0.3 is 12.1 Å². The van der Waals surface area contributed by atoms with Gasteiger partial charge in [0.1, 0.15) is 23.9 Å². The fourth-order valence-electron chi connectivity index (χ4n) is 4.19. The first-order valence-electron chi connectivity index (χ1n) is 10.1. The smallest absolute Gasteiger partial charge is 0.459 e. The summed E-state index contributed by atoms with van der Waals surface area (Å²) in [5.41, 5.74) is 0.526. The van der Waals surface area contributed by atoms with Crippen LogP contribution in [-0.2, 0) is 23.7 Å². The van der Waals surface area contributed by atoms with Gasteiger partial charge in [0.2, 0.25) is 0 Å². The summed E-state index contributed by atoms with van der Waals surface area (Å²) < 4.78 is 22.3. The van der Waals surface area contributed by atoms with Crippen LogP contribution in [-0.4, -0.2) is 43.1 Å². The molecular formula is C22H34O6. The maximum Gasteiger partial charge on any atom is 0.509 e. The Morgan fingerprint density at radius 1 is 1.04 bits per heavy atom. The standard InChI is InChI=1S/C22H34O6/c1-7-16-8-9-18(19(12-16)26-15(4)23)27-21(24)28-20-13-17(14(2)3)10-11-22(20,5)25-6/h7,16-20H,1-2,8-13H2,3-6H3/t16?,17?,18?,19?,20-,22-/m0/s1. The number of hydrogen-bond acceptors (Lipinski definition) is 6. The van der Waals surface area contributed by atoms with Gasteiger partial charge < -0.3 is 18.9 Å². The molecule has 0 spiro atoms. The average molecular weight is 395 g/mol. The van der Waals surface area contributed by atoms with E-state index in [0.29, 0.717) is 19.3 Å². The van der Waals surface area contributed by atoms with Crippen LogP contribution in [0.5, 0.6) is 0 Å². The molecule has 0 amide bonds. The molecule has 0 radical (unpaired) electrons. The van der Waals surface area contributed by atoms with Crippen molar-refractivity contribution in [3.8, 4) is 0 Å². The lowest BCUT2D eigenvalue weighted by molar-refractivity contribution is -0.162. The molecule has 0 saturated heterocycles. The minimum atomic E-state index is -0.741. The fraction of sp³-hybridized carbons (Fsp3) is 0.727. The lowest BCUT2D eigenvalue weighted by Crippen LogP contribution is -2.49. The van der Waals surface area contributed by atoms with Crippen molar-refractivity contribution >= 4 is 12.1 Å². The SMILES string of the molecule is C=CC1CCC(OC(=O)O[C@H]2CC(C(=C)C)CC[C@]2(C)OC)C(OC(C)=O)C1. The summed E-state index contributed by atoms with van der Waals surface area (Å²) in [5.74, 6) is 0.143. The molecule has 28 heavy (non-hydrogen) atoms. The van der Waals surface area contributed by atoms with Gasteiger partial charge in [0, 0.05) is 14.0 Å². The van der Waals surface area contributed by atoms with Crippen LogP contribution in [0.15, 0.2) is 24.8 Å². The third-order valence-electron chi connectivity index (χ3n) is 6.24. The van der Waals surface area contributed by atoms with E-state index >= 15 is 0 Å². The van der Waals surface area contributed by atoms with Crippen molar-refractivity contribution in [3.05, 3.63) is 24.8 Å². The fourth-order valence-corrected chi connectivity index (χ4v) is 4.19. The Hall–Kier alpha value is -1.82. The van der Waals surface area contributed by atoms with Gasteiger partial charge in [-0.3, -0.25) is 4.79 Å². The van der Waals surface area contributed by atoms with Gasteiger partial charge in [0.25, 0.3) is 0 Å². The van der Waals surface area contributed by atoms with E-state index in [2.05, 4.69) is 13.2 Å². The minimum absolute atomic E-state index is 0.242. The molecule has 0 bridgehead atoms. The zero-order valence-electron chi connectivity index (χ0n) is 17.6. The first kappa shape index (κ1) is 22.5. The number of rotatable bonds is 6. The summed E-state index contributed by atoms with van der Waals surface area (Å²) in [6.45, 7) is 13.2. The molecule has 0 aromatic heterocycles. The molecular weight excluding hydrogens is 360 g/mol. The van der Waals surface area contributed by atoms with E-state index in [-0.39, 0.29) is 17.8 Å². The summed E-state index contributed by atoms with van der Waals surface area (Å²) in [6.07, 6.45) is 4.12. The minimum Gasteiger partial charge on any atom is -0.459 e. The van der Waals surface area contributed by atoms with Gasteiger partial charge in [-0.1, -0.05) is 18.2 Å². The van der Waals surface area contributed by atoms with Crippen molar-refractivity contribution in [2.24, 2.45) is 11.8 Å². The van der Waals surface area contributed by atoms with Crippen LogP contribution in [0.25, 0.3) is 0 Å². The van der Waals surface area contributed by atoms with Gasteiger partial charge in [-0.15, -0.1) is 6.58 Å². The second-order valence-corrected chi connectivity index (χ2v) is 8.30. The number of carbonyl (C=O) groups is 2. The van der Waals surface area contributed by atoms with Gasteiger partial charge in [0.15, 0.2) is 0 Å². The van der Waals surface area contributed by atoms with Crippen LogP contribution >= 0.6 is 0 Å². The topological polar surface area (TPSA) is 71.1 Å². The highest BCUT2D eigenvalue weighted by Gasteiger charge is 2.44. The summed E-state index contributed by atoms with van der Waals surface area (Å²) in [5, 5.41) is 0. The molecule has 2 aliphatic rings. The summed E-state index contributed by atoms with van der Waals surface area (Å²) in [7, 11) is 1.63. The third kappa shape index (κ3) is 5.60. The Morgan fingerprint density at radius 2 is 1.75 bits per heavy atom. The molecule has 6 nitrogen and oxygen atoms in total. The summed E-state index contributed by atoms with van der Waals surface area (Å²) >= 11 is 0. The van der Waals surface area contributed by atoms with Crippen molar-refractivity contribution in [2.45, 2.75) is 83.2 Å². The van der Waals surface area contributed by atoms with Crippen LogP contribution in [0.2, 0.25) is 0 Å². The number of ether oxygens (including phenoxy) is 4. The van der Waals surface area contributed by atoms with Crippen LogP contribution in [0.3, 0.4) is 0 Å². The highest BCUT2D eigenvalue weighted by Crippen LogP contribution is 2.39. The molecule has 6 atom stereocenters. The highest BCUT2D eigenvalue weighted by atomic mass is 16.7. The third-order valence-corrected chi connectivity index (χ3v) is 6.24. The quantitative estimate of drug-likeness (QED) is 0.485. The Kier molecular flexibility index (Phi) is 7.70. The average Bonchev–Trinajstić information content (AvgIpc) is 2.64. The number of esters is 1. The van der Waals surface area contributed by atoms with Crippen molar-refractivity contribution in [3.63, 3.8) is 0 Å². The molecule has 6 heteroatoms. The molecule has 0 aromatic rings. The molecule has 2 saturated carbocycles. The van der Waals surface area contributed by atoms with E-state index in [0.717, 1.165) is 24.8 Å². The maximum atomic E-state index is 12.6. The Bertz CT molecular complexity index is 600. The second kappa shape index (κ2) is 9.59. The number of allylic oxidation sites excluding steroid dienone is 2. The van der Waals surface area contributed by atoms with Gasteiger partial charge in [-0.25, -0.2) is 4.79 Å². The monoisotopic (exact) mass is 394 g/mol. The largest absolute Gasteiger partial charge is 0.509 e. The van der Waals surface area contributed by atoms with Crippen molar-refractivity contribution in [1.29, 1.82) is 0 Å². The molecule has 4 unspecified atom stereocenters. The van der Waals surface area contributed by atoms with E-state index in [1.165, 1.54) is 6.92 Å². The van der Waals surface area contributed by atoms with Crippen LogP contribution in [0.4, 0.5) is 4.79 Å². The van der Waals surface area contributed by atoms with Crippen molar-refractivity contribution in [2.75, 3.05) is 7.11 Å². The first-order valence-corrected chi connectivity index (χ1v) is 10.1. The molecule has 2 fully saturated rings. The van der Waals surface area contributed by atoms with E-state index in [1.54, 1.807) is 7.11 Å². The molecule has 158 valence electrons. The maximum absolute atomic E-state index is 12.6. The zero-order valence-corrected chi connectivity index (χ0v) is 17.6. The van der Waals surface area contributed by atoms with Crippen LogP contribution in [0.1, 0.15) is 59.3 Å². The molecule has 0 N–H and O–H groups in total. The molecule has 0 heterocycles. The van der Waals surface area contributed by atoms with E-state index in [4.69, 9.17) is 18.9 Å². The summed E-state index contributed by atoms with van der Waals surface area (Å²) in [6, 6.07) is 0. The molecule has 2 rings (SSSR count). The van der Waals surface area contributed by atoms with Crippen LogP contribution in [0, 0.1) is 11.8 Å². The predicted octanol–water partition coefficient (Wildman–Crippen LogP) is 4.58. The normalized spacial score (nSPS) is 35.5. The Morgan fingerprint density at radius 3 is 2.32 bits per heavy atom. The van der Waals surface area contributed by atoms with Gasteiger partial charge in [0.05, 0.1) is 0 Å². The van der Waals surface area contributed by atoms with Gasteiger partial charge in [-0.2, -0.15) is 0 Å². The Balaban J connectivity index is 2.02. The van der Waals surface area contributed by atoms with Crippen LogP contribution < -0.4 is 0 Å². The lowest BCUT2D eigenvalue weighted by atomic mass is 9.75. The summed E-state index contributed by atoms with van der Waals surface area (Å²) in [4.78, 5) is 24.0. The predicted molar refractivity (Wildman–Crippen MR) is 106 cm³/mol. The lowest BCUT2D eigenvalue weighted by Gasteiger charge is -2.42. The molecule has 2 aliphatic carbocycles. The van der Waals surface area contributed by atoms with Crippen molar-refractivity contribution < 1.29 is 28.5 Å². The molecule has 0 aliphatic heterocycles. The number of hydrogen-bond donors (Lipinski definition) is 0. The zero-order chi connectivity index (χ0) is 20.9. The number of methoxy groups -OCH3 is 1. The Labute approximate surface area is 168 Å². The van der Waals surface area contributed by atoms with Gasteiger partial charge in [-0.05, 0) is 64.2 Å². The number of carbonyl (C=O) groups excluding carboxylic acids is 2. The molecule has 0 aromatic carbocycles. The van der Waals surface area contributed by atoms with E-state index in [9.17, 15) is 9.59 Å². The highest BCUT2D eigenvalue weighted by molar-refractivity contribution is 5.66. The first-order chi connectivity index (χ1) is 13.2. The second-order valence-electron chi connectivity index (χ2n) is 8.30. The van der Waals surface area contributed by atoms with E-state index in [1.807, 2.05) is 19.9 Å². The van der Waals surface area contributed by atoms with E-state index < -0.39 is 30.1 Å². The van der Waals surface area contributed by atoms with Crippen molar-refractivity contribution in [1.82, 2.24) is 0 Å².